The summed E-state index contributed by atoms with van der Waals surface area (Å²) in [4.78, 5) is 8.33. The minimum atomic E-state index is -0.335. The van der Waals surface area contributed by atoms with E-state index in [0.717, 1.165) is 0 Å². The topological polar surface area (TPSA) is 71.8 Å². The fourth-order valence-corrected chi connectivity index (χ4v) is 2.20. The van der Waals surface area contributed by atoms with Crippen molar-refractivity contribution in [3.8, 4) is 11.8 Å². The van der Waals surface area contributed by atoms with Gasteiger partial charge in [-0.3, -0.25) is 4.98 Å². The van der Waals surface area contributed by atoms with Crippen LogP contribution in [-0.4, -0.2) is 21.0 Å². The van der Waals surface area contributed by atoms with E-state index in [4.69, 9.17) is 0 Å². The molecule has 0 radical (unpaired) electrons. The molecule has 0 saturated heterocycles. The number of hydrogen-bond donors (Lipinski definition) is 3. The highest BCUT2D eigenvalue weighted by Crippen LogP contribution is 2.36. The van der Waals surface area contributed by atoms with Gasteiger partial charge in [0.25, 0.3) is 0 Å². The van der Waals surface area contributed by atoms with Crippen LogP contribution in [0, 0.1) is 5.82 Å². The molecule has 0 bridgehead atoms. The van der Waals surface area contributed by atoms with Crippen LogP contribution < -0.4 is 4.90 Å². The molecular formula is C13H12FN3O2. The number of halogens is 1. The highest BCUT2D eigenvalue weighted by atomic mass is 19.1. The lowest BCUT2D eigenvalue weighted by atomic mass is 10.1. The lowest BCUT2D eigenvalue weighted by molar-refractivity contribution is 0.425. The maximum absolute atomic E-state index is 13.8. The summed E-state index contributed by atoms with van der Waals surface area (Å²) in [6.45, 7) is 2.01. The van der Waals surface area contributed by atoms with Gasteiger partial charge in [-0.1, -0.05) is 6.07 Å². The summed E-state index contributed by atoms with van der Waals surface area (Å²) in [6, 6.07) is 6.11. The predicted octanol–water partition coefficient (Wildman–Crippen LogP) is 2.64. The summed E-state index contributed by atoms with van der Waals surface area (Å²) in [7, 11) is 0. The number of fused-ring (bicyclic) bond motifs is 1. The molecule has 2 aromatic rings. The Morgan fingerprint density at radius 2 is 2.16 bits per heavy atom. The van der Waals surface area contributed by atoms with Crippen molar-refractivity contribution in [3.05, 3.63) is 35.6 Å². The van der Waals surface area contributed by atoms with Crippen molar-refractivity contribution in [2.75, 3.05) is 4.90 Å². The van der Waals surface area contributed by atoms with Crippen molar-refractivity contribution in [1.82, 2.24) is 4.98 Å². The average Bonchev–Trinajstić information content (AvgIpc) is 2.68. The smallest absolute Gasteiger partial charge is 0.215 e. The van der Waals surface area contributed by atoms with Crippen molar-refractivity contribution in [3.63, 3.8) is 0 Å². The number of nitrogens with one attached hydrogen (secondary N) is 1. The second kappa shape index (κ2) is 4.01. The normalized spacial score (nSPS) is 14.2. The maximum atomic E-state index is 13.8. The number of amidine groups is 1. The van der Waals surface area contributed by atoms with Crippen LogP contribution in [0.25, 0.3) is 0 Å². The molecule has 3 rings (SSSR count). The van der Waals surface area contributed by atoms with E-state index >= 15 is 0 Å². The highest BCUT2D eigenvalue weighted by Gasteiger charge is 2.24. The summed E-state index contributed by atoms with van der Waals surface area (Å²) in [5, 5.41) is 19.1. The molecule has 0 spiro atoms. The lowest BCUT2D eigenvalue weighted by Crippen LogP contribution is -2.30. The molecule has 3 N–H and O–H groups in total. The summed E-state index contributed by atoms with van der Waals surface area (Å²) < 4.78 is 13.8. The lowest BCUT2D eigenvalue weighted by Gasteiger charge is -2.28. The Kier molecular flexibility index (Phi) is 2.45. The summed E-state index contributed by atoms with van der Waals surface area (Å²) in [6.07, 6.45) is 0. The molecule has 0 amide bonds. The molecule has 0 fully saturated rings. The predicted molar refractivity (Wildman–Crippen MR) is 69.5 cm³/mol. The van der Waals surface area contributed by atoms with Crippen LogP contribution in [0.3, 0.4) is 0 Å². The number of H-pyrrole nitrogens is 1. The molecule has 6 heteroatoms. The van der Waals surface area contributed by atoms with Crippen LogP contribution in [0.5, 0.6) is 11.8 Å². The van der Waals surface area contributed by atoms with Crippen LogP contribution in [0.4, 0.5) is 15.8 Å². The highest BCUT2D eigenvalue weighted by molar-refractivity contribution is 6.00. The van der Waals surface area contributed by atoms with Gasteiger partial charge >= 0.3 is 0 Å². The van der Waals surface area contributed by atoms with Gasteiger partial charge < -0.3 is 15.1 Å². The molecular weight excluding hydrogens is 249 g/mol. The number of benzene rings is 1. The fourth-order valence-electron chi connectivity index (χ4n) is 2.20. The Hall–Kier alpha value is -2.50. The van der Waals surface area contributed by atoms with Crippen molar-refractivity contribution >= 4 is 17.2 Å². The van der Waals surface area contributed by atoms with Crippen LogP contribution in [0.1, 0.15) is 12.5 Å². The quantitative estimate of drug-likeness (QED) is 0.739. The molecule has 19 heavy (non-hydrogen) atoms. The van der Waals surface area contributed by atoms with Crippen molar-refractivity contribution in [1.29, 1.82) is 0 Å². The number of aromatic amines is 1. The van der Waals surface area contributed by atoms with Gasteiger partial charge in [0, 0.05) is 11.6 Å². The summed E-state index contributed by atoms with van der Waals surface area (Å²) in [5.74, 6) is -0.0446. The van der Waals surface area contributed by atoms with Gasteiger partial charge in [-0.2, -0.15) is 0 Å². The number of aliphatic imine (C=N–C) groups is 1. The van der Waals surface area contributed by atoms with Crippen LogP contribution >= 0.6 is 0 Å². The van der Waals surface area contributed by atoms with E-state index in [0.29, 0.717) is 22.8 Å². The zero-order valence-corrected chi connectivity index (χ0v) is 10.2. The molecule has 0 unspecified atom stereocenters. The minimum Gasteiger partial charge on any atom is -0.494 e. The molecule has 1 aliphatic heterocycles. The Morgan fingerprint density at radius 1 is 1.37 bits per heavy atom. The molecule has 0 saturated carbocycles. The van der Waals surface area contributed by atoms with Crippen molar-refractivity contribution in [2.45, 2.75) is 13.5 Å². The van der Waals surface area contributed by atoms with Crippen LogP contribution in [-0.2, 0) is 6.54 Å². The fraction of sp³-hybridized carbons (Fsp3) is 0.154. The van der Waals surface area contributed by atoms with E-state index in [1.54, 1.807) is 24.0 Å². The number of aromatic hydroxyl groups is 2. The zero-order chi connectivity index (χ0) is 13.6. The van der Waals surface area contributed by atoms with Gasteiger partial charge in [-0.25, -0.2) is 9.38 Å². The molecule has 0 aliphatic carbocycles. The van der Waals surface area contributed by atoms with Crippen molar-refractivity contribution < 1.29 is 14.6 Å². The van der Waals surface area contributed by atoms with Gasteiger partial charge in [0.2, 0.25) is 5.88 Å². The Bertz CT molecular complexity index is 679. The van der Waals surface area contributed by atoms with Gasteiger partial charge in [-0.05, 0) is 19.1 Å². The number of nitrogens with zero attached hydrogens (tertiary/aromatic N) is 2. The number of aromatic nitrogens is 1. The SMILES string of the molecule is CC1=Nc2cccc(F)c2CN1c1cc(O)[nH]c1O. The van der Waals surface area contributed by atoms with E-state index < -0.39 is 0 Å². The molecule has 1 aromatic heterocycles. The first-order chi connectivity index (χ1) is 9.06. The van der Waals surface area contributed by atoms with E-state index in [9.17, 15) is 14.6 Å². The third-order valence-electron chi connectivity index (χ3n) is 3.14. The standard InChI is InChI=1S/C13H12FN3O2/c1-7-15-10-4-2-3-9(14)8(10)6-17(7)11-5-12(18)16-13(11)19/h2-5,16,18-19H,6H2,1H3. The molecule has 1 aromatic carbocycles. The average molecular weight is 261 g/mol. The van der Waals surface area contributed by atoms with Crippen LogP contribution in [0.2, 0.25) is 0 Å². The second-order valence-electron chi connectivity index (χ2n) is 4.37. The summed E-state index contributed by atoms with van der Waals surface area (Å²) >= 11 is 0. The van der Waals surface area contributed by atoms with Crippen molar-refractivity contribution in [2.24, 2.45) is 4.99 Å². The van der Waals surface area contributed by atoms with E-state index in [1.165, 1.54) is 12.1 Å². The van der Waals surface area contributed by atoms with Gasteiger partial charge in [0.05, 0.1) is 12.2 Å². The van der Waals surface area contributed by atoms with Gasteiger partial charge in [-0.15, -0.1) is 0 Å². The molecule has 1 aliphatic rings. The van der Waals surface area contributed by atoms with E-state index in [-0.39, 0.29) is 24.1 Å². The maximum Gasteiger partial charge on any atom is 0.215 e. The monoisotopic (exact) mass is 261 g/mol. The third kappa shape index (κ3) is 1.81. The number of anilines is 1. The number of hydrogen-bond acceptors (Lipinski definition) is 4. The summed E-state index contributed by atoms with van der Waals surface area (Å²) in [5.41, 5.74) is 1.42. The Labute approximate surface area is 108 Å². The Morgan fingerprint density at radius 3 is 2.84 bits per heavy atom. The molecule has 0 atom stereocenters. The largest absolute Gasteiger partial charge is 0.494 e. The first-order valence-electron chi connectivity index (χ1n) is 5.77. The third-order valence-corrected chi connectivity index (χ3v) is 3.14. The molecule has 2 heterocycles. The number of rotatable bonds is 1. The van der Waals surface area contributed by atoms with E-state index in [1.807, 2.05) is 0 Å². The second-order valence-corrected chi connectivity index (χ2v) is 4.37. The first-order valence-corrected chi connectivity index (χ1v) is 5.77. The van der Waals surface area contributed by atoms with Crippen LogP contribution in [0.15, 0.2) is 29.3 Å². The zero-order valence-electron chi connectivity index (χ0n) is 10.2. The minimum absolute atomic E-state index is 0.153. The molecule has 98 valence electrons. The van der Waals surface area contributed by atoms with Gasteiger partial charge in [0.1, 0.15) is 17.3 Å². The van der Waals surface area contributed by atoms with Gasteiger partial charge in [0.15, 0.2) is 5.88 Å². The Balaban J connectivity index is 2.08. The van der Waals surface area contributed by atoms with E-state index in [2.05, 4.69) is 9.98 Å². The first kappa shape index (κ1) is 11.6. The molecule has 5 nitrogen and oxygen atoms in total.